The minimum Gasteiger partial charge on any atom is -0.345 e. The van der Waals surface area contributed by atoms with Gasteiger partial charge in [-0.3, -0.25) is 14.2 Å². The zero-order chi connectivity index (χ0) is 29.0. The molecule has 0 aliphatic carbocycles. The minimum absolute atomic E-state index is 0.00529. The highest BCUT2D eigenvalue weighted by Gasteiger charge is 2.31. The Kier molecular flexibility index (Phi) is 8.02. The lowest BCUT2D eigenvalue weighted by atomic mass is 10.0. The Labute approximate surface area is 235 Å². The first kappa shape index (κ1) is 27.8. The Morgan fingerprint density at radius 2 is 1.61 bits per heavy atom. The Hall–Kier alpha value is -4.71. The number of rotatable bonds is 8. The van der Waals surface area contributed by atoms with Gasteiger partial charge in [-0.05, 0) is 47.2 Å². The average Bonchev–Trinajstić information content (AvgIpc) is 3.38. The topological polar surface area (TPSA) is 88.9 Å². The van der Waals surface area contributed by atoms with Crippen LogP contribution in [0, 0.1) is 5.82 Å². The van der Waals surface area contributed by atoms with Crippen molar-refractivity contribution < 1.29 is 27.2 Å². The van der Waals surface area contributed by atoms with E-state index >= 15 is 0 Å². The molecule has 0 aliphatic rings. The van der Waals surface area contributed by atoms with Crippen molar-refractivity contribution >= 4 is 40.0 Å². The fourth-order valence-electron chi connectivity index (χ4n) is 4.15. The quantitative estimate of drug-likeness (QED) is 0.168. The number of benzene rings is 4. The van der Waals surface area contributed by atoms with Crippen molar-refractivity contribution in [2.45, 2.75) is 17.9 Å². The zero-order valence-corrected chi connectivity index (χ0v) is 22.0. The molecule has 5 rings (SSSR count). The second-order valence-electron chi connectivity index (χ2n) is 8.81. The van der Waals surface area contributed by atoms with Gasteiger partial charge in [0.2, 0.25) is 5.91 Å². The molecule has 4 aromatic carbocycles. The first-order chi connectivity index (χ1) is 19.7. The molecule has 0 spiro atoms. The highest BCUT2D eigenvalue weighted by Crippen LogP contribution is 2.32. The molecular weight excluding hydrogens is 558 g/mol. The molecule has 2 N–H and O–H groups in total. The summed E-state index contributed by atoms with van der Waals surface area (Å²) in [5.41, 5.74) is -0.374. The molecule has 1 heterocycles. The molecule has 0 fully saturated rings. The highest BCUT2D eigenvalue weighted by molar-refractivity contribution is 7.99. The van der Waals surface area contributed by atoms with Gasteiger partial charge in [0.1, 0.15) is 5.82 Å². The molecule has 0 saturated heterocycles. The van der Waals surface area contributed by atoms with E-state index in [-0.39, 0.29) is 34.7 Å². The van der Waals surface area contributed by atoms with E-state index in [9.17, 15) is 27.2 Å². The number of nitrogens with one attached hydrogen (secondary N) is 2. The highest BCUT2D eigenvalue weighted by atomic mass is 32.2. The summed E-state index contributed by atoms with van der Waals surface area (Å²) < 4.78 is 55.7. The average molecular weight is 580 g/mol. The van der Waals surface area contributed by atoms with Crippen LogP contribution in [0.3, 0.4) is 0 Å². The molecule has 0 saturated carbocycles. The smallest absolute Gasteiger partial charge is 0.345 e. The van der Waals surface area contributed by atoms with Gasteiger partial charge in [0.05, 0.1) is 29.2 Å². The van der Waals surface area contributed by atoms with Crippen LogP contribution >= 0.6 is 11.8 Å². The van der Waals surface area contributed by atoms with Crippen molar-refractivity contribution in [3.63, 3.8) is 0 Å². The molecule has 0 unspecified atom stereocenters. The number of anilines is 1. The first-order valence-electron chi connectivity index (χ1n) is 12.3. The lowest BCUT2D eigenvalue weighted by Crippen LogP contribution is -2.25. The van der Waals surface area contributed by atoms with Crippen molar-refractivity contribution in [1.29, 1.82) is 0 Å². The number of aromatic nitrogens is 3. The van der Waals surface area contributed by atoms with E-state index in [0.29, 0.717) is 5.56 Å². The van der Waals surface area contributed by atoms with Gasteiger partial charge in [0, 0.05) is 5.56 Å². The molecular formula is C29H21F4N5O2S. The third-order valence-electron chi connectivity index (χ3n) is 6.05. The number of thioether (sulfide) groups is 1. The number of fused-ring (bicyclic) bond motifs is 1. The van der Waals surface area contributed by atoms with E-state index in [4.69, 9.17) is 0 Å². The van der Waals surface area contributed by atoms with Crippen molar-refractivity contribution in [2.75, 3.05) is 11.1 Å². The Morgan fingerprint density at radius 1 is 0.878 bits per heavy atom. The molecule has 0 atom stereocenters. The van der Waals surface area contributed by atoms with Gasteiger partial charge in [0.25, 0.3) is 5.91 Å². The van der Waals surface area contributed by atoms with Crippen molar-refractivity contribution in [1.82, 2.24) is 20.1 Å². The molecule has 0 bridgehead atoms. The summed E-state index contributed by atoms with van der Waals surface area (Å²) in [6.07, 6.45) is -4.60. The van der Waals surface area contributed by atoms with E-state index in [1.54, 1.807) is 18.2 Å². The fraction of sp³-hybridized carbons (Fsp3) is 0.103. The van der Waals surface area contributed by atoms with Gasteiger partial charge in [-0.15, -0.1) is 10.2 Å². The maximum Gasteiger partial charge on any atom is 0.416 e. The number of halogens is 4. The summed E-state index contributed by atoms with van der Waals surface area (Å²) >= 11 is 0.903. The molecule has 5 aromatic rings. The summed E-state index contributed by atoms with van der Waals surface area (Å²) in [5, 5.41) is 15.1. The van der Waals surface area contributed by atoms with Gasteiger partial charge in [-0.1, -0.05) is 66.4 Å². The van der Waals surface area contributed by atoms with E-state index in [1.807, 2.05) is 30.3 Å². The number of para-hydroxylation sites is 1. The van der Waals surface area contributed by atoms with Crippen LogP contribution in [0.5, 0.6) is 0 Å². The van der Waals surface area contributed by atoms with E-state index in [0.717, 1.165) is 34.7 Å². The third-order valence-corrected chi connectivity index (χ3v) is 6.98. The fourth-order valence-corrected chi connectivity index (χ4v) is 4.92. The predicted molar refractivity (Wildman–Crippen MR) is 147 cm³/mol. The molecule has 1 aromatic heterocycles. The number of hydrogen-bond donors (Lipinski definition) is 2. The summed E-state index contributed by atoms with van der Waals surface area (Å²) in [6.45, 7) is -0.159. The molecule has 12 heteroatoms. The predicted octanol–water partition coefficient (Wildman–Crippen LogP) is 6.24. The number of carbonyl (C=O) groups excluding carboxylic acids is 2. The Bertz CT molecular complexity index is 1730. The summed E-state index contributed by atoms with van der Waals surface area (Å²) in [5.74, 6) is -1.64. The maximum atomic E-state index is 13.9. The van der Waals surface area contributed by atoms with Gasteiger partial charge in [-0.2, -0.15) is 13.2 Å². The van der Waals surface area contributed by atoms with Crippen LogP contribution in [0.1, 0.15) is 21.7 Å². The number of alkyl halides is 3. The number of amides is 2. The molecule has 0 radical (unpaired) electrons. The number of carbonyl (C=O) groups is 2. The Morgan fingerprint density at radius 3 is 2.41 bits per heavy atom. The minimum atomic E-state index is -4.60. The first-order valence-corrected chi connectivity index (χ1v) is 13.2. The molecule has 208 valence electrons. The van der Waals surface area contributed by atoms with Crippen LogP contribution in [0.15, 0.2) is 96.2 Å². The van der Waals surface area contributed by atoms with Gasteiger partial charge >= 0.3 is 6.18 Å². The van der Waals surface area contributed by atoms with Gasteiger partial charge in [0.15, 0.2) is 11.0 Å². The van der Waals surface area contributed by atoms with Crippen molar-refractivity contribution in [3.05, 3.63) is 114 Å². The lowest BCUT2D eigenvalue weighted by Gasteiger charge is -2.14. The van der Waals surface area contributed by atoms with E-state index in [2.05, 4.69) is 20.8 Å². The van der Waals surface area contributed by atoms with E-state index < -0.39 is 29.4 Å². The lowest BCUT2D eigenvalue weighted by molar-refractivity contribution is -0.137. The van der Waals surface area contributed by atoms with Crippen LogP contribution in [0.4, 0.5) is 23.2 Å². The monoisotopic (exact) mass is 579 g/mol. The molecule has 2 amide bonds. The summed E-state index contributed by atoms with van der Waals surface area (Å²) in [6, 6.07) is 22.9. The Balaban J connectivity index is 1.40. The maximum absolute atomic E-state index is 13.9. The number of nitrogens with zero attached hydrogens (tertiary/aromatic N) is 3. The van der Waals surface area contributed by atoms with Gasteiger partial charge in [-0.25, -0.2) is 4.39 Å². The van der Waals surface area contributed by atoms with Crippen LogP contribution in [-0.2, 0) is 17.5 Å². The molecule has 41 heavy (non-hydrogen) atoms. The van der Waals surface area contributed by atoms with Crippen molar-refractivity contribution in [3.8, 4) is 5.69 Å². The molecule has 7 nitrogen and oxygen atoms in total. The van der Waals surface area contributed by atoms with Crippen LogP contribution < -0.4 is 10.6 Å². The van der Waals surface area contributed by atoms with Crippen LogP contribution in [0.2, 0.25) is 0 Å². The second-order valence-corrected chi connectivity index (χ2v) is 9.75. The normalized spacial score (nSPS) is 11.4. The summed E-state index contributed by atoms with van der Waals surface area (Å²) in [4.78, 5) is 25.6. The SMILES string of the molecule is O=C(CSc1nnc(CNC(=O)c2cccc3ccccc23)n1-c1cccc(C(F)(F)F)c1)Nc1ccccc1F. The molecule has 0 aliphatic heterocycles. The van der Waals surface area contributed by atoms with Crippen molar-refractivity contribution in [2.24, 2.45) is 0 Å². The van der Waals surface area contributed by atoms with E-state index in [1.165, 1.54) is 34.9 Å². The van der Waals surface area contributed by atoms with Gasteiger partial charge < -0.3 is 10.6 Å². The van der Waals surface area contributed by atoms with Crippen LogP contribution in [0.25, 0.3) is 16.5 Å². The largest absolute Gasteiger partial charge is 0.416 e. The standard InChI is InChI=1S/C29H21F4N5O2S/c30-23-13-3-4-14-24(23)35-26(39)17-41-28-37-36-25(38(28)20-10-6-9-19(15-20)29(31,32)33)16-34-27(40)22-12-5-8-18-7-1-2-11-21(18)22/h1-15H,16-17H2,(H,34,40)(H,35,39). The number of hydrogen-bond acceptors (Lipinski definition) is 5. The van der Waals surface area contributed by atoms with Crippen LogP contribution in [-0.4, -0.2) is 32.3 Å². The zero-order valence-electron chi connectivity index (χ0n) is 21.2. The summed E-state index contributed by atoms with van der Waals surface area (Å²) in [7, 11) is 0. The second kappa shape index (κ2) is 11.8. The third kappa shape index (κ3) is 6.38.